The van der Waals surface area contributed by atoms with Crippen LogP contribution in [0.4, 0.5) is 0 Å². The van der Waals surface area contributed by atoms with Gasteiger partial charge in [0.25, 0.3) is 0 Å². The average molecular weight is 248 g/mol. The monoisotopic (exact) mass is 248 g/mol. The van der Waals surface area contributed by atoms with Crippen LogP contribution in [0.2, 0.25) is 0 Å². The maximum absolute atomic E-state index is 9.72. The number of aliphatic hydroxyl groups excluding tert-OH is 3. The largest absolute Gasteiger partial charge is 0.393 e. The summed E-state index contributed by atoms with van der Waals surface area (Å²) >= 11 is 0. The Labute approximate surface area is 102 Å². The predicted molar refractivity (Wildman–Crippen MR) is 62.4 cm³/mol. The van der Waals surface area contributed by atoms with Gasteiger partial charge in [-0.3, -0.25) is 0 Å². The molecule has 0 aromatic heterocycles. The smallest absolute Gasteiger partial charge is 0.184 e. The highest BCUT2D eigenvalue weighted by atomic mass is 16.7. The minimum Gasteiger partial charge on any atom is -0.393 e. The number of rotatable bonds is 5. The van der Waals surface area contributed by atoms with Crippen molar-refractivity contribution in [2.24, 2.45) is 0 Å². The molecular formula is C12H24O5. The van der Waals surface area contributed by atoms with E-state index in [1.807, 2.05) is 6.92 Å². The van der Waals surface area contributed by atoms with E-state index in [4.69, 9.17) is 14.6 Å². The molecule has 0 spiro atoms. The summed E-state index contributed by atoms with van der Waals surface area (Å²) in [4.78, 5) is 0. The molecule has 0 bridgehead atoms. The van der Waals surface area contributed by atoms with E-state index in [2.05, 4.69) is 0 Å². The van der Waals surface area contributed by atoms with Crippen LogP contribution in [0.5, 0.6) is 0 Å². The van der Waals surface area contributed by atoms with Gasteiger partial charge in [-0.1, -0.05) is 0 Å². The van der Waals surface area contributed by atoms with Crippen molar-refractivity contribution >= 4 is 0 Å². The van der Waals surface area contributed by atoms with Crippen LogP contribution in [0.3, 0.4) is 0 Å². The second kappa shape index (κ2) is 6.66. The summed E-state index contributed by atoms with van der Waals surface area (Å²) in [5.41, 5.74) is 0. The zero-order valence-corrected chi connectivity index (χ0v) is 10.7. The Kier molecular flexibility index (Phi) is 5.82. The van der Waals surface area contributed by atoms with Crippen LogP contribution in [0.25, 0.3) is 0 Å². The van der Waals surface area contributed by atoms with E-state index in [1.54, 1.807) is 13.8 Å². The second-order valence-electron chi connectivity index (χ2n) is 4.95. The molecule has 5 heteroatoms. The van der Waals surface area contributed by atoms with E-state index < -0.39 is 18.5 Å². The van der Waals surface area contributed by atoms with Crippen molar-refractivity contribution in [1.29, 1.82) is 0 Å². The van der Waals surface area contributed by atoms with Crippen LogP contribution < -0.4 is 0 Å². The molecule has 0 aliphatic carbocycles. The lowest BCUT2D eigenvalue weighted by Crippen LogP contribution is -2.48. The number of hydrogen-bond acceptors (Lipinski definition) is 5. The van der Waals surface area contributed by atoms with E-state index in [-0.39, 0.29) is 24.7 Å². The Hall–Kier alpha value is -0.200. The van der Waals surface area contributed by atoms with Crippen LogP contribution in [-0.4, -0.2) is 52.1 Å². The van der Waals surface area contributed by atoms with Crippen LogP contribution in [0.1, 0.15) is 40.0 Å². The number of ether oxygens (including phenoxy) is 2. The van der Waals surface area contributed by atoms with E-state index in [0.717, 1.165) is 0 Å². The molecule has 0 aromatic carbocycles. The highest BCUT2D eigenvalue weighted by Crippen LogP contribution is 2.22. The lowest BCUT2D eigenvalue weighted by Gasteiger charge is -2.36. The molecule has 1 fully saturated rings. The van der Waals surface area contributed by atoms with Gasteiger partial charge >= 0.3 is 0 Å². The van der Waals surface area contributed by atoms with Gasteiger partial charge in [-0.2, -0.15) is 0 Å². The van der Waals surface area contributed by atoms with E-state index in [0.29, 0.717) is 12.8 Å². The Morgan fingerprint density at radius 2 is 1.88 bits per heavy atom. The molecule has 0 amide bonds. The molecule has 0 radical (unpaired) electrons. The number of hydrogen-bond donors (Lipinski definition) is 3. The van der Waals surface area contributed by atoms with E-state index in [9.17, 15) is 10.2 Å². The molecule has 0 saturated carbocycles. The van der Waals surface area contributed by atoms with Gasteiger partial charge in [0.1, 0.15) is 6.10 Å². The van der Waals surface area contributed by atoms with Crippen LogP contribution in [0.15, 0.2) is 0 Å². The van der Waals surface area contributed by atoms with E-state index >= 15 is 0 Å². The molecule has 17 heavy (non-hydrogen) atoms. The third-order valence-corrected chi connectivity index (χ3v) is 3.05. The predicted octanol–water partition coefficient (Wildman–Crippen LogP) is 0.409. The summed E-state index contributed by atoms with van der Waals surface area (Å²) in [5, 5.41) is 28.4. The first-order valence-electron chi connectivity index (χ1n) is 6.25. The van der Waals surface area contributed by atoms with Crippen molar-refractivity contribution in [3.63, 3.8) is 0 Å². The van der Waals surface area contributed by atoms with Crippen LogP contribution in [0, 0.1) is 0 Å². The lowest BCUT2D eigenvalue weighted by atomic mass is 10.0. The maximum atomic E-state index is 9.72. The third kappa shape index (κ3) is 4.89. The van der Waals surface area contributed by atoms with Gasteiger partial charge in [-0.25, -0.2) is 0 Å². The minimum absolute atomic E-state index is 0.0910. The zero-order chi connectivity index (χ0) is 13.0. The van der Waals surface area contributed by atoms with Crippen molar-refractivity contribution in [3.8, 4) is 0 Å². The Balaban J connectivity index is 2.34. The average Bonchev–Trinajstić information content (AvgIpc) is 2.23. The molecule has 1 aliphatic rings. The maximum Gasteiger partial charge on any atom is 0.184 e. The first-order chi connectivity index (χ1) is 7.90. The van der Waals surface area contributed by atoms with Crippen LogP contribution >= 0.6 is 0 Å². The third-order valence-electron chi connectivity index (χ3n) is 3.05. The Morgan fingerprint density at radius 3 is 2.47 bits per heavy atom. The SMILES string of the molecule is C[C@H](O)CC[C@@H](C)O[C@@H]1O[C@@H](C)[C@H](O)C[C@H]1O. The van der Waals surface area contributed by atoms with Crippen molar-refractivity contribution in [2.75, 3.05) is 0 Å². The first kappa shape index (κ1) is 14.9. The highest BCUT2D eigenvalue weighted by molar-refractivity contribution is 4.78. The Morgan fingerprint density at radius 1 is 1.24 bits per heavy atom. The van der Waals surface area contributed by atoms with Gasteiger partial charge in [-0.05, 0) is 33.6 Å². The summed E-state index contributed by atoms with van der Waals surface area (Å²) in [6, 6.07) is 0. The highest BCUT2D eigenvalue weighted by Gasteiger charge is 2.35. The van der Waals surface area contributed by atoms with Gasteiger partial charge in [0.05, 0.1) is 24.4 Å². The molecule has 1 aliphatic heterocycles. The quantitative estimate of drug-likeness (QED) is 0.656. The second-order valence-corrected chi connectivity index (χ2v) is 4.95. The summed E-state index contributed by atoms with van der Waals surface area (Å²) < 4.78 is 11.0. The van der Waals surface area contributed by atoms with Crippen molar-refractivity contribution in [3.05, 3.63) is 0 Å². The molecule has 6 atom stereocenters. The fourth-order valence-corrected chi connectivity index (χ4v) is 1.84. The van der Waals surface area contributed by atoms with Crippen LogP contribution in [-0.2, 0) is 9.47 Å². The first-order valence-corrected chi connectivity index (χ1v) is 6.25. The van der Waals surface area contributed by atoms with Crippen molar-refractivity contribution in [1.82, 2.24) is 0 Å². The summed E-state index contributed by atoms with van der Waals surface area (Å²) in [7, 11) is 0. The molecule has 5 nitrogen and oxygen atoms in total. The molecule has 1 saturated heterocycles. The van der Waals surface area contributed by atoms with Gasteiger partial charge in [0, 0.05) is 6.42 Å². The normalized spacial score (nSPS) is 37.8. The van der Waals surface area contributed by atoms with Crippen molar-refractivity contribution in [2.45, 2.75) is 76.8 Å². The molecule has 3 N–H and O–H groups in total. The summed E-state index contributed by atoms with van der Waals surface area (Å²) in [5.74, 6) is 0. The van der Waals surface area contributed by atoms with Gasteiger partial charge in [0.2, 0.25) is 0 Å². The van der Waals surface area contributed by atoms with Crippen molar-refractivity contribution < 1.29 is 24.8 Å². The molecule has 0 unspecified atom stereocenters. The summed E-state index contributed by atoms with van der Waals surface area (Å²) in [6.45, 7) is 5.37. The molecule has 0 aromatic rings. The van der Waals surface area contributed by atoms with E-state index in [1.165, 1.54) is 0 Å². The molecule has 1 rings (SSSR count). The standard InChI is InChI=1S/C12H24O5/c1-7(13)4-5-8(2)16-12-11(15)6-10(14)9(3)17-12/h7-15H,4-6H2,1-3H3/t7-,8+,9-,10+,11+,12+/m0/s1. The fraction of sp³-hybridized carbons (Fsp3) is 1.00. The van der Waals surface area contributed by atoms with Gasteiger partial charge < -0.3 is 24.8 Å². The van der Waals surface area contributed by atoms with Gasteiger partial charge in [-0.15, -0.1) is 0 Å². The number of aliphatic hydroxyl groups is 3. The molecular weight excluding hydrogens is 224 g/mol. The lowest BCUT2D eigenvalue weighted by molar-refractivity contribution is -0.273. The molecule has 1 heterocycles. The van der Waals surface area contributed by atoms with Gasteiger partial charge in [0.15, 0.2) is 6.29 Å². The Bertz CT molecular complexity index is 221. The minimum atomic E-state index is -0.796. The fourth-order valence-electron chi connectivity index (χ4n) is 1.84. The zero-order valence-electron chi connectivity index (χ0n) is 10.7. The topological polar surface area (TPSA) is 79.2 Å². The summed E-state index contributed by atoms with van der Waals surface area (Å²) in [6.07, 6.45) is -1.25. The molecule has 102 valence electrons.